The van der Waals surface area contributed by atoms with Gasteiger partial charge in [0.25, 0.3) is 0 Å². The molecule has 28 heavy (non-hydrogen) atoms. The summed E-state index contributed by atoms with van der Waals surface area (Å²) in [5.41, 5.74) is 4.05. The third-order valence-electron chi connectivity index (χ3n) is 5.25. The lowest BCUT2D eigenvalue weighted by atomic mass is 10.0. The Hall–Kier alpha value is -3.15. The molecule has 0 bridgehead atoms. The minimum Gasteiger partial charge on any atom is -0.372 e. The molecule has 0 atom stereocenters. The third-order valence-corrected chi connectivity index (χ3v) is 5.25. The van der Waals surface area contributed by atoms with Crippen LogP contribution in [0.2, 0.25) is 0 Å². The van der Waals surface area contributed by atoms with Crippen molar-refractivity contribution in [2.45, 2.75) is 32.1 Å². The summed E-state index contributed by atoms with van der Waals surface area (Å²) in [5.74, 6) is -0.336. The van der Waals surface area contributed by atoms with E-state index in [4.69, 9.17) is 0 Å². The van der Waals surface area contributed by atoms with Gasteiger partial charge in [0.05, 0.1) is 6.42 Å². The molecule has 2 aliphatic heterocycles. The van der Waals surface area contributed by atoms with Crippen LogP contribution in [-0.4, -0.2) is 30.7 Å². The van der Waals surface area contributed by atoms with Crippen LogP contribution in [0, 0.1) is 0 Å². The van der Waals surface area contributed by atoms with Gasteiger partial charge in [-0.3, -0.25) is 14.4 Å². The lowest BCUT2D eigenvalue weighted by molar-refractivity contribution is -0.116. The highest BCUT2D eigenvalue weighted by molar-refractivity contribution is 6.03. The Bertz CT molecular complexity index is 915. The van der Waals surface area contributed by atoms with Crippen molar-refractivity contribution in [3.05, 3.63) is 53.6 Å². The van der Waals surface area contributed by atoms with Crippen molar-refractivity contribution in [1.29, 1.82) is 0 Å². The molecule has 6 heteroatoms. The number of rotatable bonds is 6. The quantitative estimate of drug-likeness (QED) is 0.757. The predicted molar refractivity (Wildman–Crippen MR) is 109 cm³/mol. The maximum Gasteiger partial charge on any atom is 0.228 e. The fourth-order valence-corrected chi connectivity index (χ4v) is 3.73. The van der Waals surface area contributed by atoms with Crippen molar-refractivity contribution in [2.75, 3.05) is 28.6 Å². The van der Waals surface area contributed by atoms with Crippen LogP contribution in [0.4, 0.5) is 17.1 Å². The standard InChI is InChI=1S/C22H23N3O3/c26-20(15-3-8-19-16(13-15)14-22(28)24-19)9-10-21(27)23-17-4-6-18(7-5-17)25-11-1-2-12-25/h3-8,13H,1-2,9-12,14H2,(H,23,27)(H,24,28). The molecule has 6 nitrogen and oxygen atoms in total. The summed E-state index contributed by atoms with van der Waals surface area (Å²) >= 11 is 0. The van der Waals surface area contributed by atoms with E-state index in [9.17, 15) is 14.4 Å². The van der Waals surface area contributed by atoms with E-state index in [-0.39, 0.29) is 30.4 Å². The molecule has 2 aromatic carbocycles. The second kappa shape index (κ2) is 7.84. The van der Waals surface area contributed by atoms with E-state index in [1.54, 1.807) is 18.2 Å². The molecule has 0 aromatic heterocycles. The fraction of sp³-hybridized carbons (Fsp3) is 0.318. The Labute approximate surface area is 163 Å². The number of benzene rings is 2. The van der Waals surface area contributed by atoms with Gasteiger partial charge in [-0.1, -0.05) is 0 Å². The summed E-state index contributed by atoms with van der Waals surface area (Å²) in [4.78, 5) is 38.3. The lowest BCUT2D eigenvalue weighted by Crippen LogP contribution is -2.17. The van der Waals surface area contributed by atoms with Gasteiger partial charge in [-0.25, -0.2) is 0 Å². The van der Waals surface area contributed by atoms with Gasteiger partial charge in [0, 0.05) is 48.6 Å². The summed E-state index contributed by atoms with van der Waals surface area (Å²) < 4.78 is 0. The molecular formula is C22H23N3O3. The monoisotopic (exact) mass is 377 g/mol. The van der Waals surface area contributed by atoms with Gasteiger partial charge < -0.3 is 15.5 Å². The molecule has 0 spiro atoms. The van der Waals surface area contributed by atoms with E-state index in [2.05, 4.69) is 15.5 Å². The van der Waals surface area contributed by atoms with Gasteiger partial charge in [0.15, 0.2) is 5.78 Å². The van der Waals surface area contributed by atoms with Crippen molar-refractivity contribution in [1.82, 2.24) is 0 Å². The number of carbonyl (C=O) groups is 3. The SMILES string of the molecule is O=C(CCC(=O)c1ccc2c(c1)CC(=O)N2)Nc1ccc(N2CCCC2)cc1. The van der Waals surface area contributed by atoms with Crippen molar-refractivity contribution in [3.63, 3.8) is 0 Å². The van der Waals surface area contributed by atoms with Crippen LogP contribution in [0.15, 0.2) is 42.5 Å². The van der Waals surface area contributed by atoms with E-state index < -0.39 is 0 Å². The molecule has 1 fully saturated rings. The van der Waals surface area contributed by atoms with Gasteiger partial charge in [-0.2, -0.15) is 0 Å². The lowest BCUT2D eigenvalue weighted by Gasteiger charge is -2.17. The van der Waals surface area contributed by atoms with Crippen molar-refractivity contribution in [2.24, 2.45) is 0 Å². The number of fused-ring (bicyclic) bond motifs is 1. The second-order valence-corrected chi connectivity index (χ2v) is 7.31. The Morgan fingerprint density at radius 1 is 1.00 bits per heavy atom. The maximum absolute atomic E-state index is 12.4. The van der Waals surface area contributed by atoms with Crippen LogP contribution < -0.4 is 15.5 Å². The molecular weight excluding hydrogens is 354 g/mol. The number of amides is 2. The van der Waals surface area contributed by atoms with Crippen LogP contribution in [0.25, 0.3) is 0 Å². The van der Waals surface area contributed by atoms with E-state index >= 15 is 0 Å². The smallest absolute Gasteiger partial charge is 0.228 e. The Balaban J connectivity index is 1.29. The number of nitrogens with one attached hydrogen (secondary N) is 2. The number of hydrogen-bond donors (Lipinski definition) is 2. The molecule has 0 unspecified atom stereocenters. The molecule has 1 saturated heterocycles. The molecule has 0 radical (unpaired) electrons. The van der Waals surface area contributed by atoms with Crippen molar-refractivity contribution in [3.8, 4) is 0 Å². The van der Waals surface area contributed by atoms with E-state index in [1.165, 1.54) is 18.5 Å². The minimum atomic E-state index is -0.180. The highest BCUT2D eigenvalue weighted by atomic mass is 16.2. The molecule has 2 aromatic rings. The summed E-state index contributed by atoms with van der Waals surface area (Å²) in [6, 6.07) is 13.0. The predicted octanol–water partition coefficient (Wildman–Crippen LogP) is 3.38. The summed E-state index contributed by atoms with van der Waals surface area (Å²) in [7, 11) is 0. The molecule has 2 N–H and O–H groups in total. The van der Waals surface area contributed by atoms with E-state index in [0.717, 1.165) is 30.0 Å². The molecule has 0 saturated carbocycles. The normalized spacial score (nSPS) is 15.3. The number of nitrogens with zero attached hydrogens (tertiary/aromatic N) is 1. The van der Waals surface area contributed by atoms with Crippen molar-refractivity contribution < 1.29 is 14.4 Å². The first kappa shape index (κ1) is 18.2. The molecule has 2 aliphatic rings. The van der Waals surface area contributed by atoms with Crippen LogP contribution in [-0.2, 0) is 16.0 Å². The summed E-state index contributed by atoms with van der Waals surface area (Å²) in [6.45, 7) is 2.17. The molecule has 144 valence electrons. The first-order valence-electron chi connectivity index (χ1n) is 9.69. The number of hydrogen-bond acceptors (Lipinski definition) is 4. The molecule has 4 rings (SSSR count). The number of anilines is 3. The largest absolute Gasteiger partial charge is 0.372 e. The first-order chi connectivity index (χ1) is 13.6. The molecule has 2 amide bonds. The average molecular weight is 377 g/mol. The maximum atomic E-state index is 12.4. The number of carbonyl (C=O) groups excluding carboxylic acids is 3. The molecule has 0 aliphatic carbocycles. The summed E-state index contributed by atoms with van der Waals surface area (Å²) in [6.07, 6.45) is 3.01. The average Bonchev–Trinajstić information content (AvgIpc) is 3.35. The Morgan fingerprint density at radius 3 is 2.50 bits per heavy atom. The van der Waals surface area contributed by atoms with E-state index in [0.29, 0.717) is 12.0 Å². The first-order valence-corrected chi connectivity index (χ1v) is 9.69. The van der Waals surface area contributed by atoms with Gasteiger partial charge in [0.2, 0.25) is 11.8 Å². The molecule has 2 heterocycles. The van der Waals surface area contributed by atoms with Crippen LogP contribution in [0.5, 0.6) is 0 Å². The minimum absolute atomic E-state index is 0.0604. The van der Waals surface area contributed by atoms with Crippen LogP contribution in [0.1, 0.15) is 41.6 Å². The highest BCUT2D eigenvalue weighted by Crippen LogP contribution is 2.25. The zero-order chi connectivity index (χ0) is 19.5. The van der Waals surface area contributed by atoms with Crippen molar-refractivity contribution >= 4 is 34.7 Å². The Kier molecular flexibility index (Phi) is 5.10. The third kappa shape index (κ3) is 4.06. The highest BCUT2D eigenvalue weighted by Gasteiger charge is 2.19. The van der Waals surface area contributed by atoms with Crippen LogP contribution in [0.3, 0.4) is 0 Å². The fourth-order valence-electron chi connectivity index (χ4n) is 3.73. The zero-order valence-electron chi connectivity index (χ0n) is 15.7. The number of ketones is 1. The van der Waals surface area contributed by atoms with Gasteiger partial charge in [-0.15, -0.1) is 0 Å². The van der Waals surface area contributed by atoms with Crippen LogP contribution >= 0.6 is 0 Å². The topological polar surface area (TPSA) is 78.5 Å². The van der Waals surface area contributed by atoms with E-state index in [1.807, 2.05) is 24.3 Å². The second-order valence-electron chi connectivity index (χ2n) is 7.31. The summed E-state index contributed by atoms with van der Waals surface area (Å²) in [5, 5.41) is 5.60. The van der Waals surface area contributed by atoms with Gasteiger partial charge in [-0.05, 0) is 60.9 Å². The Morgan fingerprint density at radius 2 is 1.75 bits per heavy atom. The zero-order valence-corrected chi connectivity index (χ0v) is 15.7. The van der Waals surface area contributed by atoms with Gasteiger partial charge in [0.1, 0.15) is 0 Å². The van der Waals surface area contributed by atoms with Gasteiger partial charge >= 0.3 is 0 Å². The number of Topliss-reactive ketones (excluding diaryl/α,β-unsaturated/α-hetero) is 1.